The van der Waals surface area contributed by atoms with Crippen LogP contribution in [0.4, 0.5) is 0 Å². The van der Waals surface area contributed by atoms with Crippen molar-refractivity contribution < 1.29 is 4.74 Å². The van der Waals surface area contributed by atoms with Gasteiger partial charge in [0, 0.05) is 27.7 Å². The molecule has 21 heavy (non-hydrogen) atoms. The molecule has 0 heterocycles. The molecule has 0 radical (unpaired) electrons. The van der Waals surface area contributed by atoms with Gasteiger partial charge in [-0.25, -0.2) is 0 Å². The lowest BCUT2D eigenvalue weighted by atomic mass is 10.2. The Morgan fingerprint density at radius 2 is 1.81 bits per heavy atom. The molecule has 0 saturated heterocycles. The molecule has 0 unspecified atom stereocenters. The van der Waals surface area contributed by atoms with Crippen molar-refractivity contribution in [2.45, 2.75) is 20.1 Å². The van der Waals surface area contributed by atoms with E-state index in [1.54, 1.807) is 12.1 Å². The van der Waals surface area contributed by atoms with Gasteiger partial charge in [0.1, 0.15) is 12.4 Å². The fourth-order valence-electron chi connectivity index (χ4n) is 1.90. The Morgan fingerprint density at radius 3 is 2.52 bits per heavy atom. The van der Waals surface area contributed by atoms with Crippen LogP contribution in [-0.2, 0) is 13.2 Å². The van der Waals surface area contributed by atoms with Crippen molar-refractivity contribution in [3.63, 3.8) is 0 Å². The quantitative estimate of drug-likeness (QED) is 0.764. The topological polar surface area (TPSA) is 21.3 Å². The summed E-state index contributed by atoms with van der Waals surface area (Å²) in [5.74, 6) is 0.686. The van der Waals surface area contributed by atoms with Gasteiger partial charge in [0.25, 0.3) is 0 Å². The minimum Gasteiger partial charge on any atom is -0.487 e. The Labute approximate surface area is 140 Å². The molecule has 2 rings (SSSR count). The van der Waals surface area contributed by atoms with E-state index in [0.717, 1.165) is 17.7 Å². The van der Waals surface area contributed by atoms with Crippen LogP contribution in [-0.4, -0.2) is 6.54 Å². The minimum absolute atomic E-state index is 0.346. The predicted molar refractivity (Wildman–Crippen MR) is 89.6 cm³/mol. The van der Waals surface area contributed by atoms with Gasteiger partial charge in [-0.2, -0.15) is 0 Å². The van der Waals surface area contributed by atoms with Crippen molar-refractivity contribution in [3.05, 3.63) is 62.6 Å². The highest BCUT2D eigenvalue weighted by Gasteiger charge is 2.10. The number of rotatable bonds is 6. The number of para-hydroxylation sites is 1. The molecule has 5 heteroatoms. The first-order valence-corrected chi connectivity index (χ1v) is 7.80. The Hall–Kier alpha value is -0.930. The number of nitrogens with one attached hydrogen (secondary N) is 1. The van der Waals surface area contributed by atoms with Crippen LogP contribution in [0.25, 0.3) is 0 Å². The molecule has 112 valence electrons. The number of ether oxygens (including phenoxy) is 1. The number of halogens is 3. The summed E-state index contributed by atoms with van der Waals surface area (Å²) in [6.07, 6.45) is 0. The second-order valence-corrected chi connectivity index (χ2v) is 5.78. The van der Waals surface area contributed by atoms with E-state index >= 15 is 0 Å². The maximum absolute atomic E-state index is 6.23. The lowest BCUT2D eigenvalue weighted by Gasteiger charge is -2.14. The fraction of sp³-hybridized carbons (Fsp3) is 0.250. The number of benzene rings is 2. The van der Waals surface area contributed by atoms with Crippen LogP contribution < -0.4 is 10.1 Å². The van der Waals surface area contributed by atoms with E-state index in [2.05, 4.69) is 12.2 Å². The van der Waals surface area contributed by atoms with Crippen LogP contribution in [0.5, 0.6) is 5.75 Å². The summed E-state index contributed by atoms with van der Waals surface area (Å²) in [5, 5.41) is 5.05. The zero-order valence-corrected chi connectivity index (χ0v) is 13.9. The van der Waals surface area contributed by atoms with Crippen molar-refractivity contribution in [2.24, 2.45) is 0 Å². The van der Waals surface area contributed by atoms with Crippen LogP contribution in [0.2, 0.25) is 15.1 Å². The van der Waals surface area contributed by atoms with E-state index < -0.39 is 0 Å². The molecule has 2 nitrogen and oxygen atoms in total. The summed E-state index contributed by atoms with van der Waals surface area (Å²) < 4.78 is 5.87. The summed E-state index contributed by atoms with van der Waals surface area (Å²) >= 11 is 18.3. The van der Waals surface area contributed by atoms with E-state index in [0.29, 0.717) is 34.0 Å². The number of hydrogen-bond acceptors (Lipinski definition) is 2. The molecule has 0 fully saturated rings. The van der Waals surface area contributed by atoms with E-state index in [1.165, 1.54) is 0 Å². The van der Waals surface area contributed by atoms with Crippen LogP contribution in [0.15, 0.2) is 36.4 Å². The van der Waals surface area contributed by atoms with Crippen LogP contribution in [0.3, 0.4) is 0 Å². The molecule has 0 aromatic heterocycles. The average Bonchev–Trinajstić information content (AvgIpc) is 2.45. The molecule has 0 amide bonds. The van der Waals surface area contributed by atoms with Crippen molar-refractivity contribution in [1.29, 1.82) is 0 Å². The molecule has 2 aromatic rings. The van der Waals surface area contributed by atoms with Gasteiger partial charge in [0.2, 0.25) is 0 Å². The zero-order chi connectivity index (χ0) is 15.2. The SMILES string of the molecule is CCNCc1cccc(Cl)c1OCc1ccc(Cl)cc1Cl. The summed E-state index contributed by atoms with van der Waals surface area (Å²) in [6.45, 7) is 3.99. The molecule has 1 N–H and O–H groups in total. The molecule has 2 aromatic carbocycles. The van der Waals surface area contributed by atoms with Crippen molar-refractivity contribution in [1.82, 2.24) is 5.32 Å². The Morgan fingerprint density at radius 1 is 1.00 bits per heavy atom. The normalized spacial score (nSPS) is 10.7. The molecule has 0 atom stereocenters. The van der Waals surface area contributed by atoms with Crippen molar-refractivity contribution in [2.75, 3.05) is 6.54 Å². The second kappa shape index (κ2) is 7.90. The van der Waals surface area contributed by atoms with Crippen LogP contribution >= 0.6 is 34.8 Å². The van der Waals surface area contributed by atoms with Crippen LogP contribution in [0.1, 0.15) is 18.1 Å². The van der Waals surface area contributed by atoms with Gasteiger partial charge in [-0.05, 0) is 24.7 Å². The first kappa shape index (κ1) is 16.4. The molecule has 0 bridgehead atoms. The number of hydrogen-bond donors (Lipinski definition) is 1. The molecule has 0 spiro atoms. The molecule has 0 saturated carbocycles. The van der Waals surface area contributed by atoms with Gasteiger partial charge in [-0.1, -0.05) is 59.9 Å². The van der Waals surface area contributed by atoms with Gasteiger partial charge in [0.15, 0.2) is 0 Å². The lowest BCUT2D eigenvalue weighted by molar-refractivity contribution is 0.302. The van der Waals surface area contributed by atoms with Gasteiger partial charge < -0.3 is 10.1 Å². The monoisotopic (exact) mass is 343 g/mol. The molecule has 0 aliphatic carbocycles. The Balaban J connectivity index is 2.15. The third-order valence-corrected chi connectivity index (χ3v) is 3.89. The smallest absolute Gasteiger partial charge is 0.142 e. The summed E-state index contributed by atoms with van der Waals surface area (Å²) in [5.41, 5.74) is 1.89. The Bertz CT molecular complexity index is 616. The molecular weight excluding hydrogens is 329 g/mol. The van der Waals surface area contributed by atoms with Crippen molar-refractivity contribution in [3.8, 4) is 5.75 Å². The molecule has 0 aliphatic rings. The zero-order valence-electron chi connectivity index (χ0n) is 11.6. The average molecular weight is 345 g/mol. The molecule has 0 aliphatic heterocycles. The molecular formula is C16H16Cl3NO. The van der Waals surface area contributed by atoms with Gasteiger partial charge >= 0.3 is 0 Å². The summed E-state index contributed by atoms with van der Waals surface area (Å²) in [4.78, 5) is 0. The predicted octanol–water partition coefficient (Wildman–Crippen LogP) is 5.34. The largest absolute Gasteiger partial charge is 0.487 e. The Kier molecular flexibility index (Phi) is 6.19. The van der Waals surface area contributed by atoms with Gasteiger partial charge in [0.05, 0.1) is 5.02 Å². The summed E-state index contributed by atoms with van der Waals surface area (Å²) in [6, 6.07) is 11.1. The first-order valence-electron chi connectivity index (χ1n) is 6.66. The van der Waals surface area contributed by atoms with E-state index in [4.69, 9.17) is 39.5 Å². The van der Waals surface area contributed by atoms with E-state index in [-0.39, 0.29) is 0 Å². The van der Waals surface area contributed by atoms with Crippen molar-refractivity contribution >= 4 is 34.8 Å². The second-order valence-electron chi connectivity index (χ2n) is 4.53. The maximum Gasteiger partial charge on any atom is 0.142 e. The first-order chi connectivity index (χ1) is 10.1. The third kappa shape index (κ3) is 4.52. The fourth-order valence-corrected chi connectivity index (χ4v) is 2.61. The van der Waals surface area contributed by atoms with Crippen LogP contribution in [0, 0.1) is 0 Å². The van der Waals surface area contributed by atoms with E-state index in [9.17, 15) is 0 Å². The minimum atomic E-state index is 0.346. The highest BCUT2D eigenvalue weighted by molar-refractivity contribution is 6.35. The van der Waals surface area contributed by atoms with Gasteiger partial charge in [-0.15, -0.1) is 0 Å². The highest BCUT2D eigenvalue weighted by atomic mass is 35.5. The lowest BCUT2D eigenvalue weighted by Crippen LogP contribution is -2.13. The highest BCUT2D eigenvalue weighted by Crippen LogP contribution is 2.30. The third-order valence-electron chi connectivity index (χ3n) is 3.00. The van der Waals surface area contributed by atoms with E-state index in [1.807, 2.05) is 24.3 Å². The maximum atomic E-state index is 6.23. The van der Waals surface area contributed by atoms with Gasteiger partial charge in [-0.3, -0.25) is 0 Å². The summed E-state index contributed by atoms with van der Waals surface area (Å²) in [7, 11) is 0. The standard InChI is InChI=1S/C16H16Cl3NO/c1-2-20-9-11-4-3-5-14(18)16(11)21-10-12-6-7-13(17)8-15(12)19/h3-8,20H,2,9-10H2,1H3.